The fourth-order valence-electron chi connectivity index (χ4n) is 1.40. The maximum Gasteiger partial charge on any atom is 0.418 e. The fourth-order valence-corrected chi connectivity index (χ4v) is 1.40. The lowest BCUT2D eigenvalue weighted by atomic mass is 10.0. The number of ether oxygens (including phenoxy) is 1. The number of halogens is 3. The second kappa shape index (κ2) is 5.40. The van der Waals surface area contributed by atoms with Crippen molar-refractivity contribution < 1.29 is 23.0 Å². The SMILES string of the molecule is CCCOc1ccc(C)cc1C(O)C(F)(F)F. The summed E-state index contributed by atoms with van der Waals surface area (Å²) in [6.07, 6.45) is -6.50. The van der Waals surface area contributed by atoms with Crippen molar-refractivity contribution in [2.45, 2.75) is 32.5 Å². The highest BCUT2D eigenvalue weighted by atomic mass is 19.4. The van der Waals surface area contributed by atoms with Gasteiger partial charge in [-0.05, 0) is 25.5 Å². The molecule has 0 saturated carbocycles. The Kier molecular flexibility index (Phi) is 4.40. The standard InChI is InChI=1S/C12H15F3O2/c1-3-6-17-10-5-4-8(2)7-9(10)11(16)12(13,14)15/h4-5,7,11,16H,3,6H2,1-2H3. The molecule has 0 radical (unpaired) electrons. The van der Waals surface area contributed by atoms with Crippen LogP contribution in [0.25, 0.3) is 0 Å². The molecule has 1 aromatic rings. The molecule has 96 valence electrons. The van der Waals surface area contributed by atoms with E-state index in [1.54, 1.807) is 13.0 Å². The number of aliphatic hydroxyl groups is 1. The average Bonchev–Trinajstić information content (AvgIpc) is 2.25. The van der Waals surface area contributed by atoms with Gasteiger partial charge in [-0.2, -0.15) is 13.2 Å². The number of benzene rings is 1. The highest BCUT2D eigenvalue weighted by Crippen LogP contribution is 2.37. The van der Waals surface area contributed by atoms with Crippen LogP contribution < -0.4 is 4.74 Å². The fraction of sp³-hybridized carbons (Fsp3) is 0.500. The van der Waals surface area contributed by atoms with Gasteiger partial charge in [-0.1, -0.05) is 18.6 Å². The average molecular weight is 248 g/mol. The molecule has 5 heteroatoms. The van der Waals surface area contributed by atoms with Crippen LogP contribution in [-0.4, -0.2) is 17.9 Å². The lowest BCUT2D eigenvalue weighted by Gasteiger charge is -2.19. The van der Waals surface area contributed by atoms with Gasteiger partial charge in [-0.25, -0.2) is 0 Å². The van der Waals surface area contributed by atoms with Crippen molar-refractivity contribution in [1.29, 1.82) is 0 Å². The summed E-state index contributed by atoms with van der Waals surface area (Å²) in [5, 5.41) is 9.26. The molecule has 1 aromatic carbocycles. The van der Waals surface area contributed by atoms with Crippen molar-refractivity contribution in [3.63, 3.8) is 0 Å². The minimum atomic E-state index is -4.68. The summed E-state index contributed by atoms with van der Waals surface area (Å²) < 4.78 is 42.6. The lowest BCUT2D eigenvalue weighted by molar-refractivity contribution is -0.207. The summed E-state index contributed by atoms with van der Waals surface area (Å²) in [5.74, 6) is 0.0854. The number of rotatable bonds is 4. The predicted octanol–water partition coefficient (Wildman–Crippen LogP) is 3.38. The number of aliphatic hydroxyl groups excluding tert-OH is 1. The monoisotopic (exact) mass is 248 g/mol. The van der Waals surface area contributed by atoms with E-state index in [9.17, 15) is 18.3 Å². The van der Waals surface area contributed by atoms with Gasteiger partial charge in [-0.15, -0.1) is 0 Å². The second-order valence-corrected chi connectivity index (χ2v) is 3.83. The highest BCUT2D eigenvalue weighted by molar-refractivity contribution is 5.39. The van der Waals surface area contributed by atoms with Gasteiger partial charge >= 0.3 is 6.18 Å². The van der Waals surface area contributed by atoms with Crippen LogP contribution in [0.5, 0.6) is 5.75 Å². The molecule has 1 atom stereocenters. The molecule has 0 aliphatic carbocycles. The number of hydrogen-bond donors (Lipinski definition) is 1. The Balaban J connectivity index is 3.06. The molecule has 17 heavy (non-hydrogen) atoms. The van der Waals surface area contributed by atoms with Crippen molar-refractivity contribution in [2.75, 3.05) is 6.61 Å². The Hall–Kier alpha value is -1.23. The molecule has 0 aliphatic rings. The van der Waals surface area contributed by atoms with Gasteiger partial charge in [0.2, 0.25) is 0 Å². The predicted molar refractivity (Wildman–Crippen MR) is 58.0 cm³/mol. The molecule has 0 fully saturated rings. The zero-order valence-corrected chi connectivity index (χ0v) is 9.71. The summed E-state index contributed by atoms with van der Waals surface area (Å²) in [7, 11) is 0. The highest BCUT2D eigenvalue weighted by Gasteiger charge is 2.40. The molecular weight excluding hydrogens is 233 g/mol. The van der Waals surface area contributed by atoms with E-state index < -0.39 is 12.3 Å². The van der Waals surface area contributed by atoms with Crippen LogP contribution in [0.4, 0.5) is 13.2 Å². The number of alkyl halides is 3. The van der Waals surface area contributed by atoms with Crippen LogP contribution in [0.2, 0.25) is 0 Å². The molecule has 0 bridgehead atoms. The van der Waals surface area contributed by atoms with Gasteiger partial charge in [0.15, 0.2) is 6.10 Å². The number of hydrogen-bond acceptors (Lipinski definition) is 2. The molecule has 0 aliphatic heterocycles. The van der Waals surface area contributed by atoms with Crippen LogP contribution in [0.15, 0.2) is 18.2 Å². The topological polar surface area (TPSA) is 29.5 Å². The molecule has 0 amide bonds. The van der Waals surface area contributed by atoms with Crippen LogP contribution in [-0.2, 0) is 0 Å². The van der Waals surface area contributed by atoms with Crippen molar-refractivity contribution in [3.05, 3.63) is 29.3 Å². The van der Waals surface area contributed by atoms with Gasteiger partial charge in [-0.3, -0.25) is 0 Å². The minimum absolute atomic E-state index is 0.0854. The smallest absolute Gasteiger partial charge is 0.418 e. The first-order chi connectivity index (χ1) is 7.86. The van der Waals surface area contributed by atoms with E-state index in [-0.39, 0.29) is 11.3 Å². The van der Waals surface area contributed by atoms with Gasteiger partial charge in [0, 0.05) is 5.56 Å². The Morgan fingerprint density at radius 2 is 2.00 bits per heavy atom. The number of aryl methyl sites for hydroxylation is 1. The molecule has 0 aromatic heterocycles. The Morgan fingerprint density at radius 1 is 1.35 bits per heavy atom. The maximum absolute atomic E-state index is 12.5. The van der Waals surface area contributed by atoms with Gasteiger partial charge in [0.1, 0.15) is 5.75 Å². The van der Waals surface area contributed by atoms with Crippen LogP contribution in [0.1, 0.15) is 30.6 Å². The van der Waals surface area contributed by atoms with Gasteiger partial charge in [0.05, 0.1) is 6.61 Å². The van der Waals surface area contributed by atoms with Crippen LogP contribution in [0, 0.1) is 6.92 Å². The van der Waals surface area contributed by atoms with Crippen LogP contribution >= 0.6 is 0 Å². The molecule has 0 heterocycles. The molecule has 1 unspecified atom stereocenters. The first kappa shape index (κ1) is 13.8. The minimum Gasteiger partial charge on any atom is -0.493 e. The molecule has 0 spiro atoms. The first-order valence-electron chi connectivity index (χ1n) is 5.34. The summed E-state index contributed by atoms with van der Waals surface area (Å²) in [6.45, 7) is 3.84. The first-order valence-corrected chi connectivity index (χ1v) is 5.34. The van der Waals surface area contributed by atoms with E-state index in [1.807, 2.05) is 6.92 Å². The third-order valence-corrected chi connectivity index (χ3v) is 2.23. The molecular formula is C12H15F3O2. The summed E-state index contributed by atoms with van der Waals surface area (Å²) in [6, 6.07) is 4.40. The van der Waals surface area contributed by atoms with E-state index in [4.69, 9.17) is 4.74 Å². The second-order valence-electron chi connectivity index (χ2n) is 3.83. The zero-order chi connectivity index (χ0) is 13.1. The summed E-state index contributed by atoms with van der Waals surface area (Å²) >= 11 is 0. The molecule has 2 nitrogen and oxygen atoms in total. The van der Waals surface area contributed by atoms with E-state index in [2.05, 4.69) is 0 Å². The quantitative estimate of drug-likeness (QED) is 0.885. The van der Waals surface area contributed by atoms with Crippen molar-refractivity contribution in [1.82, 2.24) is 0 Å². The van der Waals surface area contributed by atoms with Crippen molar-refractivity contribution in [2.24, 2.45) is 0 Å². The van der Waals surface area contributed by atoms with Crippen LogP contribution in [0.3, 0.4) is 0 Å². The third kappa shape index (κ3) is 3.63. The normalized spacial score (nSPS) is 13.5. The maximum atomic E-state index is 12.5. The molecule has 0 saturated heterocycles. The van der Waals surface area contributed by atoms with E-state index in [0.29, 0.717) is 18.6 Å². The molecule has 1 N–H and O–H groups in total. The van der Waals surface area contributed by atoms with E-state index in [1.165, 1.54) is 12.1 Å². The molecule has 1 rings (SSSR count). The Labute approximate surface area is 98.0 Å². The third-order valence-electron chi connectivity index (χ3n) is 2.23. The van der Waals surface area contributed by atoms with Crippen molar-refractivity contribution >= 4 is 0 Å². The van der Waals surface area contributed by atoms with Gasteiger partial charge in [0.25, 0.3) is 0 Å². The van der Waals surface area contributed by atoms with E-state index in [0.717, 1.165) is 0 Å². The Bertz CT molecular complexity index is 375. The van der Waals surface area contributed by atoms with Gasteiger partial charge < -0.3 is 9.84 Å². The zero-order valence-electron chi connectivity index (χ0n) is 9.71. The lowest BCUT2D eigenvalue weighted by Crippen LogP contribution is -2.21. The van der Waals surface area contributed by atoms with E-state index >= 15 is 0 Å². The largest absolute Gasteiger partial charge is 0.493 e. The summed E-state index contributed by atoms with van der Waals surface area (Å²) in [4.78, 5) is 0. The Morgan fingerprint density at radius 3 is 2.53 bits per heavy atom. The summed E-state index contributed by atoms with van der Waals surface area (Å²) in [5.41, 5.74) is 0.415. The van der Waals surface area contributed by atoms with Crippen molar-refractivity contribution in [3.8, 4) is 5.75 Å².